The van der Waals surface area contributed by atoms with Crippen LogP contribution in [0, 0.1) is 5.92 Å². The second kappa shape index (κ2) is 6.50. The Balaban J connectivity index is 2.09. The van der Waals surface area contributed by atoms with Gasteiger partial charge in [0.2, 0.25) is 0 Å². The van der Waals surface area contributed by atoms with E-state index in [-0.39, 0.29) is 12.0 Å². The number of carbonyl (C=O) groups is 1. The highest BCUT2D eigenvalue weighted by molar-refractivity contribution is 5.76. The zero-order valence-corrected chi connectivity index (χ0v) is 11.1. The third-order valence-corrected chi connectivity index (χ3v) is 4.24. The Kier molecular flexibility index (Phi) is 4.97. The molecule has 2 rings (SSSR count). The highest BCUT2D eigenvalue weighted by atomic mass is 16.5. The van der Waals surface area contributed by atoms with Crippen LogP contribution in [-0.4, -0.2) is 56.4 Å². The minimum absolute atomic E-state index is 0.184. The monoisotopic (exact) mass is 256 g/mol. The van der Waals surface area contributed by atoms with Gasteiger partial charge in [-0.25, -0.2) is 0 Å². The van der Waals surface area contributed by atoms with Gasteiger partial charge in [0.25, 0.3) is 0 Å². The average Bonchev–Trinajstić information content (AvgIpc) is 2.46. The molecule has 1 heterocycles. The maximum absolute atomic E-state index is 11.8. The molecule has 0 bridgehead atoms. The summed E-state index contributed by atoms with van der Waals surface area (Å²) in [4.78, 5) is 14.1. The number of rotatable bonds is 3. The Labute approximate surface area is 109 Å². The van der Waals surface area contributed by atoms with E-state index in [2.05, 4.69) is 4.90 Å². The average molecular weight is 256 g/mol. The molecule has 1 saturated heterocycles. The van der Waals surface area contributed by atoms with Crippen molar-refractivity contribution in [3.63, 3.8) is 0 Å². The summed E-state index contributed by atoms with van der Waals surface area (Å²) in [5.74, 6) is 0.319. The van der Waals surface area contributed by atoms with Crippen LogP contribution in [0.5, 0.6) is 0 Å². The standard InChI is InChI=1S/C13H24N2O3/c1-17-13(16)12-9-18-7-6-15(12)11-5-3-2-4-10(11)8-14/h10-12H,2-9,14H2,1H3. The summed E-state index contributed by atoms with van der Waals surface area (Å²) >= 11 is 0. The summed E-state index contributed by atoms with van der Waals surface area (Å²) in [5.41, 5.74) is 5.88. The molecule has 1 aliphatic heterocycles. The van der Waals surface area contributed by atoms with E-state index in [4.69, 9.17) is 15.2 Å². The van der Waals surface area contributed by atoms with Gasteiger partial charge in [-0.1, -0.05) is 12.8 Å². The van der Waals surface area contributed by atoms with Crippen LogP contribution in [0.3, 0.4) is 0 Å². The minimum Gasteiger partial charge on any atom is -0.468 e. The van der Waals surface area contributed by atoms with Crippen molar-refractivity contribution in [1.82, 2.24) is 4.90 Å². The molecule has 1 aliphatic carbocycles. The second-order valence-electron chi connectivity index (χ2n) is 5.20. The molecule has 2 fully saturated rings. The third-order valence-electron chi connectivity index (χ3n) is 4.24. The van der Waals surface area contributed by atoms with E-state index in [1.54, 1.807) is 0 Å². The van der Waals surface area contributed by atoms with Crippen molar-refractivity contribution >= 4 is 5.97 Å². The van der Waals surface area contributed by atoms with Gasteiger partial charge in [0, 0.05) is 12.6 Å². The largest absolute Gasteiger partial charge is 0.468 e. The molecule has 2 aliphatic rings. The summed E-state index contributed by atoms with van der Waals surface area (Å²) in [6.45, 7) is 2.65. The normalized spacial score (nSPS) is 34.2. The van der Waals surface area contributed by atoms with Gasteiger partial charge >= 0.3 is 5.97 Å². The topological polar surface area (TPSA) is 64.8 Å². The first-order chi connectivity index (χ1) is 8.77. The molecule has 0 amide bonds. The Hall–Kier alpha value is -0.650. The maximum Gasteiger partial charge on any atom is 0.325 e. The predicted octanol–water partition coefficient (Wildman–Crippen LogP) is 0.378. The van der Waals surface area contributed by atoms with Crippen LogP contribution in [0.25, 0.3) is 0 Å². The van der Waals surface area contributed by atoms with Gasteiger partial charge in [-0.2, -0.15) is 0 Å². The van der Waals surface area contributed by atoms with Crippen LogP contribution in [0.1, 0.15) is 25.7 Å². The molecule has 104 valence electrons. The van der Waals surface area contributed by atoms with Crippen LogP contribution in [0.4, 0.5) is 0 Å². The SMILES string of the molecule is COC(=O)C1COCCN1C1CCCCC1CN. The van der Waals surface area contributed by atoms with E-state index >= 15 is 0 Å². The third kappa shape index (κ3) is 2.84. The van der Waals surface area contributed by atoms with Crippen molar-refractivity contribution in [3.05, 3.63) is 0 Å². The van der Waals surface area contributed by atoms with E-state index in [0.717, 1.165) is 13.0 Å². The highest BCUT2D eigenvalue weighted by Gasteiger charge is 2.38. The molecule has 3 atom stereocenters. The lowest BCUT2D eigenvalue weighted by Crippen LogP contribution is -2.58. The summed E-state index contributed by atoms with van der Waals surface area (Å²) < 4.78 is 10.3. The number of esters is 1. The van der Waals surface area contributed by atoms with Gasteiger partial charge < -0.3 is 15.2 Å². The van der Waals surface area contributed by atoms with E-state index < -0.39 is 0 Å². The molecule has 0 radical (unpaired) electrons. The first-order valence-corrected chi connectivity index (χ1v) is 6.89. The summed E-state index contributed by atoms with van der Waals surface area (Å²) in [5, 5.41) is 0. The lowest BCUT2D eigenvalue weighted by Gasteiger charge is -2.44. The van der Waals surface area contributed by atoms with Crippen LogP contribution in [0.15, 0.2) is 0 Å². The van der Waals surface area contributed by atoms with Crippen molar-refractivity contribution in [1.29, 1.82) is 0 Å². The molecular formula is C13H24N2O3. The number of morpholine rings is 1. The molecular weight excluding hydrogens is 232 g/mol. The first kappa shape index (κ1) is 13.8. The molecule has 3 unspecified atom stereocenters. The van der Waals surface area contributed by atoms with Gasteiger partial charge in [-0.15, -0.1) is 0 Å². The van der Waals surface area contributed by atoms with Gasteiger partial charge in [0.05, 0.1) is 20.3 Å². The predicted molar refractivity (Wildman–Crippen MR) is 68.1 cm³/mol. The van der Waals surface area contributed by atoms with Crippen molar-refractivity contribution in [2.75, 3.05) is 33.4 Å². The Bertz CT molecular complexity index is 285. The summed E-state index contributed by atoms with van der Waals surface area (Å²) in [6.07, 6.45) is 4.79. The van der Waals surface area contributed by atoms with Gasteiger partial charge in [-0.05, 0) is 25.3 Å². The molecule has 0 aromatic carbocycles. The van der Waals surface area contributed by atoms with Gasteiger partial charge in [0.15, 0.2) is 0 Å². The van der Waals surface area contributed by atoms with E-state index in [1.807, 2.05) is 0 Å². The van der Waals surface area contributed by atoms with Crippen molar-refractivity contribution in [3.8, 4) is 0 Å². The second-order valence-corrected chi connectivity index (χ2v) is 5.20. The zero-order valence-electron chi connectivity index (χ0n) is 11.1. The molecule has 5 heteroatoms. The van der Waals surface area contributed by atoms with Crippen LogP contribution >= 0.6 is 0 Å². The fraction of sp³-hybridized carbons (Fsp3) is 0.923. The van der Waals surface area contributed by atoms with Crippen molar-refractivity contribution < 1.29 is 14.3 Å². The number of methoxy groups -OCH3 is 1. The molecule has 1 saturated carbocycles. The van der Waals surface area contributed by atoms with Crippen molar-refractivity contribution in [2.24, 2.45) is 11.7 Å². The Morgan fingerprint density at radius 2 is 2.22 bits per heavy atom. The highest BCUT2D eigenvalue weighted by Crippen LogP contribution is 2.30. The molecule has 0 aromatic heterocycles. The fourth-order valence-electron chi connectivity index (χ4n) is 3.25. The molecule has 2 N–H and O–H groups in total. The number of nitrogens with two attached hydrogens (primary N) is 1. The quantitative estimate of drug-likeness (QED) is 0.739. The fourth-order valence-corrected chi connectivity index (χ4v) is 3.25. The summed E-state index contributed by atoms with van der Waals surface area (Å²) in [6, 6.07) is 0.164. The number of hydrogen-bond donors (Lipinski definition) is 1. The van der Waals surface area contributed by atoms with E-state index in [9.17, 15) is 4.79 Å². The van der Waals surface area contributed by atoms with E-state index in [0.29, 0.717) is 31.7 Å². The van der Waals surface area contributed by atoms with Crippen LogP contribution < -0.4 is 5.73 Å². The molecule has 0 spiro atoms. The lowest BCUT2D eigenvalue weighted by molar-refractivity contribution is -0.157. The van der Waals surface area contributed by atoms with Gasteiger partial charge in [0.1, 0.15) is 6.04 Å². The first-order valence-electron chi connectivity index (χ1n) is 6.89. The molecule has 5 nitrogen and oxygen atoms in total. The van der Waals surface area contributed by atoms with Crippen LogP contribution in [-0.2, 0) is 14.3 Å². The number of nitrogens with zero attached hydrogens (tertiary/aromatic N) is 1. The maximum atomic E-state index is 11.8. The smallest absolute Gasteiger partial charge is 0.325 e. The number of hydrogen-bond acceptors (Lipinski definition) is 5. The lowest BCUT2D eigenvalue weighted by atomic mass is 9.82. The Morgan fingerprint density at radius 1 is 1.44 bits per heavy atom. The number of ether oxygens (including phenoxy) is 2. The molecule has 18 heavy (non-hydrogen) atoms. The minimum atomic E-state index is -0.249. The summed E-state index contributed by atoms with van der Waals surface area (Å²) in [7, 11) is 1.44. The van der Waals surface area contributed by atoms with Crippen molar-refractivity contribution in [2.45, 2.75) is 37.8 Å². The molecule has 0 aromatic rings. The van der Waals surface area contributed by atoms with Gasteiger partial charge in [-0.3, -0.25) is 9.69 Å². The Morgan fingerprint density at radius 3 is 2.94 bits per heavy atom. The van der Waals surface area contributed by atoms with Crippen LogP contribution in [0.2, 0.25) is 0 Å². The number of carbonyl (C=O) groups excluding carboxylic acids is 1. The van der Waals surface area contributed by atoms with E-state index in [1.165, 1.54) is 26.4 Å². The zero-order chi connectivity index (χ0) is 13.0.